The molecule has 5 heteroatoms. The van der Waals surface area contributed by atoms with Crippen LogP contribution >= 0.6 is 0 Å². The van der Waals surface area contributed by atoms with E-state index in [1.54, 1.807) is 19.2 Å². The van der Waals surface area contributed by atoms with Gasteiger partial charge in [-0.2, -0.15) is 0 Å². The van der Waals surface area contributed by atoms with Crippen LogP contribution in [0.3, 0.4) is 0 Å². The van der Waals surface area contributed by atoms with Gasteiger partial charge in [-0.3, -0.25) is 0 Å². The Hall–Kier alpha value is -1.07. The summed E-state index contributed by atoms with van der Waals surface area (Å²) in [5.41, 5.74) is 0. The number of methoxy groups -OCH3 is 1. The van der Waals surface area contributed by atoms with Crippen LogP contribution in [0.4, 0.5) is 0 Å². The van der Waals surface area contributed by atoms with Crippen molar-refractivity contribution in [2.24, 2.45) is 5.92 Å². The van der Waals surface area contributed by atoms with Crippen LogP contribution in [-0.4, -0.2) is 22.1 Å². The summed E-state index contributed by atoms with van der Waals surface area (Å²) in [6.07, 6.45) is 0.829. The third-order valence-electron chi connectivity index (χ3n) is 2.38. The highest BCUT2D eigenvalue weighted by atomic mass is 32.2. The van der Waals surface area contributed by atoms with E-state index in [4.69, 9.17) is 4.74 Å². The Bertz CT molecular complexity index is 437. The fourth-order valence-electron chi connectivity index (χ4n) is 1.32. The minimum Gasteiger partial charge on any atom is -0.497 e. The summed E-state index contributed by atoms with van der Waals surface area (Å²) in [6, 6.07) is 6.35. The lowest BCUT2D eigenvalue weighted by atomic mass is 10.1. The molecule has 0 aliphatic heterocycles. The van der Waals surface area contributed by atoms with E-state index in [0.717, 1.165) is 6.42 Å². The molecule has 0 fully saturated rings. The molecule has 0 unspecified atom stereocenters. The molecule has 0 atom stereocenters. The molecule has 0 bridgehead atoms. The average molecular weight is 257 g/mol. The molecule has 0 aliphatic rings. The number of hydrogen-bond acceptors (Lipinski definition) is 3. The van der Waals surface area contributed by atoms with Crippen LogP contribution in [0.2, 0.25) is 0 Å². The number of sulfonamides is 1. The second kappa shape index (κ2) is 6.02. The molecule has 0 aromatic heterocycles. The third-order valence-corrected chi connectivity index (χ3v) is 3.86. The SMILES string of the molecule is COc1ccc(S(=O)(=O)NCCC(C)C)cc1. The first-order valence-electron chi connectivity index (χ1n) is 5.59. The Kier molecular flexibility index (Phi) is 4.96. The van der Waals surface area contributed by atoms with E-state index in [1.807, 2.05) is 0 Å². The summed E-state index contributed by atoms with van der Waals surface area (Å²) < 4.78 is 31.3. The fraction of sp³-hybridized carbons (Fsp3) is 0.500. The number of hydrogen-bond donors (Lipinski definition) is 1. The lowest BCUT2D eigenvalue weighted by molar-refractivity contribution is 0.414. The van der Waals surface area contributed by atoms with E-state index in [0.29, 0.717) is 18.2 Å². The maximum absolute atomic E-state index is 11.9. The Morgan fingerprint density at radius 1 is 1.24 bits per heavy atom. The van der Waals surface area contributed by atoms with Crippen molar-refractivity contribution in [1.29, 1.82) is 0 Å². The smallest absolute Gasteiger partial charge is 0.240 e. The maximum Gasteiger partial charge on any atom is 0.240 e. The second-order valence-electron chi connectivity index (χ2n) is 4.26. The van der Waals surface area contributed by atoms with Crippen LogP contribution in [0.25, 0.3) is 0 Å². The molecule has 4 nitrogen and oxygen atoms in total. The molecule has 1 rings (SSSR count). The van der Waals surface area contributed by atoms with Crippen LogP contribution in [-0.2, 0) is 10.0 Å². The van der Waals surface area contributed by atoms with Gasteiger partial charge in [0.1, 0.15) is 5.75 Å². The van der Waals surface area contributed by atoms with Crippen molar-refractivity contribution in [3.8, 4) is 5.75 Å². The van der Waals surface area contributed by atoms with Gasteiger partial charge in [0.15, 0.2) is 0 Å². The summed E-state index contributed by atoms with van der Waals surface area (Å²) in [4.78, 5) is 0.266. The van der Waals surface area contributed by atoms with Crippen molar-refractivity contribution < 1.29 is 13.2 Å². The van der Waals surface area contributed by atoms with Gasteiger partial charge in [0, 0.05) is 6.54 Å². The zero-order valence-electron chi connectivity index (χ0n) is 10.4. The second-order valence-corrected chi connectivity index (χ2v) is 6.02. The summed E-state index contributed by atoms with van der Waals surface area (Å²) in [7, 11) is -1.84. The predicted octanol–water partition coefficient (Wildman–Crippen LogP) is 2.02. The largest absolute Gasteiger partial charge is 0.497 e. The molecule has 0 saturated heterocycles. The van der Waals surface area contributed by atoms with E-state index < -0.39 is 10.0 Å². The van der Waals surface area contributed by atoms with Gasteiger partial charge in [-0.1, -0.05) is 13.8 Å². The number of nitrogens with one attached hydrogen (secondary N) is 1. The van der Waals surface area contributed by atoms with Crippen LogP contribution in [0.1, 0.15) is 20.3 Å². The molecule has 0 amide bonds. The van der Waals surface area contributed by atoms with Gasteiger partial charge in [0.25, 0.3) is 0 Å². The topological polar surface area (TPSA) is 55.4 Å². The molecule has 0 heterocycles. The molecule has 0 aliphatic carbocycles. The van der Waals surface area contributed by atoms with Crippen LogP contribution in [0.5, 0.6) is 5.75 Å². The van der Waals surface area contributed by atoms with Gasteiger partial charge in [-0.25, -0.2) is 13.1 Å². The predicted molar refractivity (Wildman–Crippen MR) is 67.6 cm³/mol. The van der Waals surface area contributed by atoms with Crippen molar-refractivity contribution in [1.82, 2.24) is 4.72 Å². The number of benzene rings is 1. The van der Waals surface area contributed by atoms with E-state index in [1.165, 1.54) is 12.1 Å². The van der Waals surface area contributed by atoms with Crippen molar-refractivity contribution in [2.75, 3.05) is 13.7 Å². The molecule has 0 saturated carbocycles. The molecular formula is C12H19NO3S. The highest BCUT2D eigenvalue weighted by molar-refractivity contribution is 7.89. The van der Waals surface area contributed by atoms with Crippen molar-refractivity contribution in [2.45, 2.75) is 25.2 Å². The summed E-state index contributed by atoms with van der Waals surface area (Å²) in [6.45, 7) is 4.58. The first-order valence-corrected chi connectivity index (χ1v) is 7.07. The van der Waals surface area contributed by atoms with Crippen LogP contribution < -0.4 is 9.46 Å². The number of rotatable bonds is 6. The fourth-order valence-corrected chi connectivity index (χ4v) is 2.37. The lowest BCUT2D eigenvalue weighted by Crippen LogP contribution is -2.25. The minimum absolute atomic E-state index is 0.266. The van der Waals surface area contributed by atoms with Gasteiger partial charge in [-0.05, 0) is 36.6 Å². The Morgan fingerprint density at radius 3 is 2.29 bits per heavy atom. The molecule has 1 N–H and O–H groups in total. The van der Waals surface area contributed by atoms with Crippen molar-refractivity contribution in [3.63, 3.8) is 0 Å². The van der Waals surface area contributed by atoms with Gasteiger partial charge in [-0.15, -0.1) is 0 Å². The third kappa shape index (κ3) is 4.36. The van der Waals surface area contributed by atoms with E-state index in [2.05, 4.69) is 18.6 Å². The first kappa shape index (κ1) is 14.0. The summed E-state index contributed by atoms with van der Waals surface area (Å²) in [5.74, 6) is 1.12. The Morgan fingerprint density at radius 2 is 1.82 bits per heavy atom. The Labute approximate surface area is 103 Å². The summed E-state index contributed by atoms with van der Waals surface area (Å²) in [5, 5.41) is 0. The van der Waals surface area contributed by atoms with Gasteiger partial charge < -0.3 is 4.74 Å². The summed E-state index contributed by atoms with van der Waals surface area (Å²) >= 11 is 0. The van der Waals surface area contributed by atoms with E-state index >= 15 is 0 Å². The molecule has 1 aromatic carbocycles. The zero-order chi connectivity index (χ0) is 12.9. The first-order chi connectivity index (χ1) is 7.95. The molecule has 1 aromatic rings. The van der Waals surface area contributed by atoms with Crippen molar-refractivity contribution >= 4 is 10.0 Å². The highest BCUT2D eigenvalue weighted by Crippen LogP contribution is 2.15. The molecular weight excluding hydrogens is 238 g/mol. The van der Waals surface area contributed by atoms with Crippen LogP contribution in [0.15, 0.2) is 29.2 Å². The lowest BCUT2D eigenvalue weighted by Gasteiger charge is -2.08. The zero-order valence-corrected chi connectivity index (χ0v) is 11.3. The Balaban J connectivity index is 2.68. The van der Waals surface area contributed by atoms with Gasteiger partial charge in [0.2, 0.25) is 10.0 Å². The van der Waals surface area contributed by atoms with E-state index in [9.17, 15) is 8.42 Å². The van der Waals surface area contributed by atoms with Crippen LogP contribution in [0, 0.1) is 5.92 Å². The standard InChI is InChI=1S/C12H19NO3S/c1-10(2)8-9-13-17(14,15)12-6-4-11(16-3)5-7-12/h4-7,10,13H,8-9H2,1-3H3. The molecule has 96 valence electrons. The molecule has 17 heavy (non-hydrogen) atoms. The van der Waals surface area contributed by atoms with Gasteiger partial charge >= 0.3 is 0 Å². The minimum atomic E-state index is -3.39. The monoisotopic (exact) mass is 257 g/mol. The highest BCUT2D eigenvalue weighted by Gasteiger charge is 2.13. The molecule has 0 spiro atoms. The average Bonchev–Trinajstić information content (AvgIpc) is 2.28. The van der Waals surface area contributed by atoms with Crippen molar-refractivity contribution in [3.05, 3.63) is 24.3 Å². The van der Waals surface area contributed by atoms with Gasteiger partial charge in [0.05, 0.1) is 12.0 Å². The normalized spacial score (nSPS) is 11.8. The maximum atomic E-state index is 11.9. The quantitative estimate of drug-likeness (QED) is 0.848. The molecule has 0 radical (unpaired) electrons. The number of ether oxygens (including phenoxy) is 1. The van der Waals surface area contributed by atoms with E-state index in [-0.39, 0.29) is 4.90 Å².